The van der Waals surface area contributed by atoms with Crippen LogP contribution in [-0.4, -0.2) is 47.5 Å². The molecule has 1 fully saturated rings. The third-order valence-corrected chi connectivity index (χ3v) is 3.37. The Balaban J connectivity index is 2.24. The van der Waals surface area contributed by atoms with Gasteiger partial charge in [-0.25, -0.2) is 4.39 Å². The van der Waals surface area contributed by atoms with Crippen LogP contribution in [0.2, 0.25) is 0 Å². The second-order valence-electron chi connectivity index (χ2n) is 4.84. The summed E-state index contributed by atoms with van der Waals surface area (Å²) >= 11 is 0. The van der Waals surface area contributed by atoms with Crippen LogP contribution >= 0.6 is 0 Å². The molecule has 2 heterocycles. The van der Waals surface area contributed by atoms with Gasteiger partial charge in [-0.15, -0.1) is 0 Å². The highest BCUT2D eigenvalue weighted by molar-refractivity contribution is 6.02. The second-order valence-corrected chi connectivity index (χ2v) is 4.84. The number of halogens is 1. The van der Waals surface area contributed by atoms with E-state index in [1.165, 1.54) is 12.3 Å². The summed E-state index contributed by atoms with van der Waals surface area (Å²) in [5.74, 6) is -0.784. The zero-order valence-corrected chi connectivity index (χ0v) is 10.6. The van der Waals surface area contributed by atoms with Gasteiger partial charge in [-0.2, -0.15) is 0 Å². The summed E-state index contributed by atoms with van der Waals surface area (Å²) in [6.45, 7) is 6.23. The highest BCUT2D eigenvalue weighted by Crippen LogP contribution is 2.22. The Kier molecular flexibility index (Phi) is 3.73. The first-order valence-corrected chi connectivity index (χ1v) is 6.00. The maximum atomic E-state index is 13.6. The molecule has 0 unspecified atom stereocenters. The van der Waals surface area contributed by atoms with Crippen LogP contribution in [0.25, 0.3) is 0 Å². The molecule has 0 atom stereocenters. The topological polar surface area (TPSA) is 42.4 Å². The van der Waals surface area contributed by atoms with E-state index in [1.54, 1.807) is 0 Å². The molecular weight excluding hydrogens is 235 g/mol. The molecule has 0 aliphatic carbocycles. The third-order valence-electron chi connectivity index (χ3n) is 3.37. The molecule has 1 aliphatic heterocycles. The number of aromatic nitrogens is 1. The normalized spacial score (nSPS) is 17.7. The highest BCUT2D eigenvalue weighted by atomic mass is 19.1. The SMILES string of the molecule is CC(C)(C(=O)c1ccncc1F)N1CCOCC1. The van der Waals surface area contributed by atoms with Crippen LogP contribution in [0.15, 0.2) is 18.5 Å². The average Bonchev–Trinajstić information content (AvgIpc) is 2.39. The fraction of sp³-hybridized carbons (Fsp3) is 0.538. The number of carbonyl (C=O) groups excluding carboxylic acids is 1. The van der Waals surface area contributed by atoms with Crippen LogP contribution in [0, 0.1) is 5.82 Å². The lowest BCUT2D eigenvalue weighted by Gasteiger charge is -2.39. The standard InChI is InChI=1S/C13H17FN2O2/c1-13(2,16-5-7-18-8-6-16)12(17)10-3-4-15-9-11(10)14/h3-4,9H,5-8H2,1-2H3. The van der Waals surface area contributed by atoms with Crippen molar-refractivity contribution < 1.29 is 13.9 Å². The summed E-state index contributed by atoms with van der Waals surface area (Å²) in [4.78, 5) is 18.1. The number of nitrogens with zero attached hydrogens (tertiary/aromatic N) is 2. The van der Waals surface area contributed by atoms with Crippen molar-refractivity contribution in [3.63, 3.8) is 0 Å². The van der Waals surface area contributed by atoms with E-state index in [2.05, 4.69) is 4.98 Å². The Morgan fingerprint density at radius 2 is 2.11 bits per heavy atom. The van der Waals surface area contributed by atoms with Gasteiger partial charge in [-0.3, -0.25) is 14.7 Å². The predicted octanol–water partition coefficient (Wildman–Crippen LogP) is 1.51. The molecule has 5 heteroatoms. The van der Waals surface area contributed by atoms with Gasteiger partial charge in [0, 0.05) is 19.3 Å². The third kappa shape index (κ3) is 2.42. The van der Waals surface area contributed by atoms with Crippen molar-refractivity contribution in [3.05, 3.63) is 29.8 Å². The van der Waals surface area contributed by atoms with Gasteiger partial charge in [0.15, 0.2) is 11.6 Å². The molecule has 98 valence electrons. The zero-order chi connectivity index (χ0) is 13.2. The van der Waals surface area contributed by atoms with Crippen molar-refractivity contribution in [1.29, 1.82) is 0 Å². The number of hydrogen-bond acceptors (Lipinski definition) is 4. The molecule has 0 amide bonds. The van der Waals surface area contributed by atoms with Gasteiger partial charge >= 0.3 is 0 Å². The second kappa shape index (κ2) is 5.12. The van der Waals surface area contributed by atoms with E-state index in [9.17, 15) is 9.18 Å². The van der Waals surface area contributed by atoms with E-state index >= 15 is 0 Å². The Labute approximate surface area is 106 Å². The van der Waals surface area contributed by atoms with Crippen LogP contribution in [0.4, 0.5) is 4.39 Å². The summed E-state index contributed by atoms with van der Waals surface area (Å²) < 4.78 is 18.9. The van der Waals surface area contributed by atoms with Crippen LogP contribution in [0.1, 0.15) is 24.2 Å². The monoisotopic (exact) mass is 252 g/mol. The van der Waals surface area contributed by atoms with Gasteiger partial charge in [-0.05, 0) is 19.9 Å². The van der Waals surface area contributed by atoms with Gasteiger partial charge in [0.25, 0.3) is 0 Å². The van der Waals surface area contributed by atoms with Gasteiger partial charge < -0.3 is 4.74 Å². The summed E-state index contributed by atoms with van der Waals surface area (Å²) in [5.41, 5.74) is -0.632. The van der Waals surface area contributed by atoms with Crippen molar-refractivity contribution in [1.82, 2.24) is 9.88 Å². The molecule has 0 bridgehead atoms. The lowest BCUT2D eigenvalue weighted by molar-refractivity contribution is -0.00443. The fourth-order valence-corrected chi connectivity index (χ4v) is 2.15. The molecule has 4 nitrogen and oxygen atoms in total. The Morgan fingerprint density at radius 1 is 1.44 bits per heavy atom. The molecule has 2 rings (SSSR count). The van der Waals surface area contributed by atoms with Crippen LogP contribution in [-0.2, 0) is 4.74 Å². The number of pyridine rings is 1. The minimum Gasteiger partial charge on any atom is -0.379 e. The summed E-state index contributed by atoms with van der Waals surface area (Å²) in [6.07, 6.45) is 2.51. The first kappa shape index (κ1) is 13.1. The maximum absolute atomic E-state index is 13.6. The molecule has 18 heavy (non-hydrogen) atoms. The molecule has 1 aliphatic rings. The van der Waals surface area contributed by atoms with Crippen molar-refractivity contribution >= 4 is 5.78 Å². The number of hydrogen-bond donors (Lipinski definition) is 0. The number of carbonyl (C=O) groups is 1. The van der Waals surface area contributed by atoms with E-state index in [0.29, 0.717) is 26.3 Å². The first-order chi connectivity index (χ1) is 8.53. The molecule has 0 radical (unpaired) electrons. The van der Waals surface area contributed by atoms with Crippen molar-refractivity contribution in [2.24, 2.45) is 0 Å². The quantitative estimate of drug-likeness (QED) is 0.765. The van der Waals surface area contributed by atoms with Gasteiger partial charge in [-0.1, -0.05) is 0 Å². The molecule has 1 aromatic heterocycles. The number of rotatable bonds is 3. The Morgan fingerprint density at radius 3 is 2.72 bits per heavy atom. The fourth-order valence-electron chi connectivity index (χ4n) is 2.15. The molecule has 0 N–H and O–H groups in total. The summed E-state index contributed by atoms with van der Waals surface area (Å²) in [7, 11) is 0. The summed E-state index contributed by atoms with van der Waals surface area (Å²) in [6, 6.07) is 1.43. The molecule has 0 saturated carbocycles. The first-order valence-electron chi connectivity index (χ1n) is 6.00. The van der Waals surface area contributed by atoms with Crippen LogP contribution in [0.5, 0.6) is 0 Å². The Bertz CT molecular complexity index is 442. The number of Topliss-reactive ketones (excluding diaryl/α,β-unsaturated/α-hetero) is 1. The zero-order valence-electron chi connectivity index (χ0n) is 10.6. The molecule has 1 aromatic rings. The molecule has 0 aromatic carbocycles. The Hall–Kier alpha value is -1.33. The number of ether oxygens (including phenoxy) is 1. The lowest BCUT2D eigenvalue weighted by atomic mass is 9.91. The number of morpholine rings is 1. The molecule has 0 spiro atoms. The maximum Gasteiger partial charge on any atom is 0.185 e. The van der Waals surface area contributed by atoms with Crippen LogP contribution in [0.3, 0.4) is 0 Å². The van der Waals surface area contributed by atoms with Crippen molar-refractivity contribution in [3.8, 4) is 0 Å². The van der Waals surface area contributed by atoms with E-state index in [0.717, 1.165) is 6.20 Å². The smallest absolute Gasteiger partial charge is 0.185 e. The van der Waals surface area contributed by atoms with Crippen molar-refractivity contribution in [2.75, 3.05) is 26.3 Å². The predicted molar refractivity (Wildman–Crippen MR) is 65.0 cm³/mol. The summed E-state index contributed by atoms with van der Waals surface area (Å²) in [5, 5.41) is 0. The van der Waals surface area contributed by atoms with E-state index in [1.807, 2.05) is 18.7 Å². The van der Waals surface area contributed by atoms with Crippen molar-refractivity contribution in [2.45, 2.75) is 19.4 Å². The van der Waals surface area contributed by atoms with Gasteiger partial charge in [0.2, 0.25) is 0 Å². The minimum atomic E-state index is -0.730. The lowest BCUT2D eigenvalue weighted by Crippen LogP contribution is -2.54. The number of ketones is 1. The highest BCUT2D eigenvalue weighted by Gasteiger charge is 2.37. The minimum absolute atomic E-state index is 0.0986. The molecular formula is C13H17FN2O2. The van der Waals surface area contributed by atoms with E-state index in [4.69, 9.17) is 4.74 Å². The van der Waals surface area contributed by atoms with Gasteiger partial charge in [0.1, 0.15) is 0 Å². The van der Waals surface area contributed by atoms with Crippen LogP contribution < -0.4 is 0 Å². The van der Waals surface area contributed by atoms with E-state index in [-0.39, 0.29) is 11.3 Å². The largest absolute Gasteiger partial charge is 0.379 e. The average molecular weight is 252 g/mol. The molecule has 1 saturated heterocycles. The van der Waals surface area contributed by atoms with Gasteiger partial charge in [0.05, 0.1) is 30.5 Å². The van der Waals surface area contributed by atoms with E-state index < -0.39 is 11.4 Å².